The fourth-order valence-corrected chi connectivity index (χ4v) is 1.76. The first-order valence-corrected chi connectivity index (χ1v) is 6.25. The first kappa shape index (κ1) is 13.1. The Balaban J connectivity index is 1.97. The Morgan fingerprint density at radius 1 is 1.05 bits per heavy atom. The van der Waals surface area contributed by atoms with Gasteiger partial charge in [0.25, 0.3) is 0 Å². The second-order valence-electron chi connectivity index (χ2n) is 4.63. The summed E-state index contributed by atoms with van der Waals surface area (Å²) in [5.41, 5.74) is 9.55. The van der Waals surface area contributed by atoms with E-state index in [0.717, 1.165) is 16.8 Å². The van der Waals surface area contributed by atoms with Crippen molar-refractivity contribution in [3.05, 3.63) is 71.3 Å². The van der Waals surface area contributed by atoms with E-state index < -0.39 is 0 Å². The zero-order valence-electron chi connectivity index (χ0n) is 11.0. The fourth-order valence-electron chi connectivity index (χ4n) is 1.76. The summed E-state index contributed by atoms with van der Waals surface area (Å²) < 4.78 is 0. The van der Waals surface area contributed by atoms with Crippen LogP contribution in [0, 0.1) is 6.92 Å². The molecule has 0 aliphatic heterocycles. The first-order chi connectivity index (χ1) is 9.13. The van der Waals surface area contributed by atoms with Crippen LogP contribution < -0.4 is 5.73 Å². The van der Waals surface area contributed by atoms with Crippen LogP contribution in [0.2, 0.25) is 0 Å². The van der Waals surface area contributed by atoms with Crippen LogP contribution in [-0.4, -0.2) is 5.78 Å². The minimum absolute atomic E-state index is 0.0979. The van der Waals surface area contributed by atoms with Gasteiger partial charge in [0.05, 0.1) is 0 Å². The highest BCUT2D eigenvalue weighted by Gasteiger charge is 1.99. The predicted octanol–water partition coefficient (Wildman–Crippen LogP) is 3.40. The Kier molecular flexibility index (Phi) is 4.14. The molecule has 2 nitrogen and oxygen atoms in total. The quantitative estimate of drug-likeness (QED) is 0.668. The largest absolute Gasteiger partial charge is 0.399 e. The lowest BCUT2D eigenvalue weighted by atomic mass is 10.1. The summed E-state index contributed by atoms with van der Waals surface area (Å²) in [4.78, 5) is 11.8. The molecule has 2 rings (SSSR count). The highest BCUT2D eigenvalue weighted by molar-refractivity contribution is 5.95. The summed E-state index contributed by atoms with van der Waals surface area (Å²) in [7, 11) is 0. The molecule has 0 aromatic heterocycles. The third-order valence-electron chi connectivity index (χ3n) is 2.90. The second kappa shape index (κ2) is 6.01. The van der Waals surface area contributed by atoms with Crippen LogP contribution in [0.1, 0.15) is 16.7 Å². The molecular formula is C17H17NO. The Morgan fingerprint density at radius 3 is 2.32 bits per heavy atom. The zero-order valence-corrected chi connectivity index (χ0v) is 11.0. The summed E-state index contributed by atoms with van der Waals surface area (Å²) in [6, 6.07) is 15.5. The SMILES string of the molecule is Cc1ccc(CC(=O)/C=C/c2ccc(N)cc2)cc1. The van der Waals surface area contributed by atoms with Gasteiger partial charge in [0.15, 0.2) is 5.78 Å². The molecule has 96 valence electrons. The van der Waals surface area contributed by atoms with Gasteiger partial charge in [-0.3, -0.25) is 4.79 Å². The van der Waals surface area contributed by atoms with Crippen molar-refractivity contribution in [3.63, 3.8) is 0 Å². The van der Waals surface area contributed by atoms with E-state index in [1.165, 1.54) is 5.56 Å². The van der Waals surface area contributed by atoms with Crippen molar-refractivity contribution in [1.29, 1.82) is 0 Å². The maximum Gasteiger partial charge on any atom is 0.160 e. The number of nitrogens with two attached hydrogens (primary N) is 1. The number of nitrogen functional groups attached to an aromatic ring is 1. The van der Waals surface area contributed by atoms with Crippen LogP contribution in [-0.2, 0) is 11.2 Å². The summed E-state index contributed by atoms with van der Waals surface area (Å²) in [5, 5.41) is 0. The molecule has 2 N–H and O–H groups in total. The molecule has 0 heterocycles. The van der Waals surface area contributed by atoms with E-state index in [1.54, 1.807) is 6.08 Å². The summed E-state index contributed by atoms with van der Waals surface area (Å²) >= 11 is 0. The van der Waals surface area contributed by atoms with Crippen molar-refractivity contribution in [2.75, 3.05) is 5.73 Å². The number of ketones is 1. The number of aryl methyl sites for hydroxylation is 1. The van der Waals surface area contributed by atoms with Crippen molar-refractivity contribution < 1.29 is 4.79 Å². The second-order valence-corrected chi connectivity index (χ2v) is 4.63. The maximum atomic E-state index is 11.8. The molecule has 0 unspecified atom stereocenters. The number of carbonyl (C=O) groups excluding carboxylic acids is 1. The van der Waals surface area contributed by atoms with Crippen molar-refractivity contribution in [2.24, 2.45) is 0 Å². The Bertz CT molecular complexity index is 580. The molecule has 0 aliphatic carbocycles. The number of hydrogen-bond donors (Lipinski definition) is 1. The standard InChI is InChI=1S/C17H17NO/c1-13-2-4-15(5-3-13)12-17(19)11-8-14-6-9-16(18)10-7-14/h2-11H,12,18H2,1H3/b11-8+. The van der Waals surface area contributed by atoms with Crippen LogP contribution in [0.4, 0.5) is 5.69 Å². The number of allylic oxidation sites excluding steroid dienone is 1. The molecule has 0 aliphatic rings. The number of benzene rings is 2. The van der Waals surface area contributed by atoms with E-state index in [4.69, 9.17) is 5.73 Å². The summed E-state index contributed by atoms with van der Waals surface area (Å²) in [5.74, 6) is 0.0979. The van der Waals surface area contributed by atoms with Crippen LogP contribution in [0.3, 0.4) is 0 Å². The molecule has 2 aromatic rings. The number of rotatable bonds is 4. The van der Waals surface area contributed by atoms with Gasteiger partial charge in [-0.05, 0) is 36.3 Å². The van der Waals surface area contributed by atoms with Gasteiger partial charge >= 0.3 is 0 Å². The van der Waals surface area contributed by atoms with Crippen LogP contribution in [0.5, 0.6) is 0 Å². The van der Waals surface area contributed by atoms with E-state index in [9.17, 15) is 4.79 Å². The minimum atomic E-state index is 0.0979. The molecule has 0 fully saturated rings. The highest BCUT2D eigenvalue weighted by atomic mass is 16.1. The van der Waals surface area contributed by atoms with Gasteiger partial charge in [0.2, 0.25) is 0 Å². The third kappa shape index (κ3) is 4.11. The predicted molar refractivity (Wildman–Crippen MR) is 79.8 cm³/mol. The number of carbonyl (C=O) groups is 1. The van der Waals surface area contributed by atoms with Crippen molar-refractivity contribution in [3.8, 4) is 0 Å². The van der Waals surface area contributed by atoms with Crippen molar-refractivity contribution in [1.82, 2.24) is 0 Å². The van der Waals surface area contributed by atoms with E-state index in [2.05, 4.69) is 0 Å². The van der Waals surface area contributed by atoms with E-state index in [-0.39, 0.29) is 5.78 Å². The fraction of sp³-hybridized carbons (Fsp3) is 0.118. The van der Waals surface area contributed by atoms with Gasteiger partial charge in [-0.1, -0.05) is 48.0 Å². The lowest BCUT2D eigenvalue weighted by Crippen LogP contribution is -1.98. The molecule has 0 saturated carbocycles. The average molecular weight is 251 g/mol. The molecule has 0 atom stereocenters. The van der Waals surface area contributed by atoms with E-state index in [0.29, 0.717) is 6.42 Å². The Labute approximate surface area is 113 Å². The maximum absolute atomic E-state index is 11.8. The summed E-state index contributed by atoms with van der Waals surface area (Å²) in [6.45, 7) is 2.03. The topological polar surface area (TPSA) is 43.1 Å². The number of hydrogen-bond acceptors (Lipinski definition) is 2. The molecule has 0 radical (unpaired) electrons. The van der Waals surface area contributed by atoms with E-state index >= 15 is 0 Å². The highest BCUT2D eigenvalue weighted by Crippen LogP contribution is 2.08. The van der Waals surface area contributed by atoms with Crippen LogP contribution in [0.15, 0.2) is 54.6 Å². The lowest BCUT2D eigenvalue weighted by Gasteiger charge is -1.99. The Hall–Kier alpha value is -2.35. The Morgan fingerprint density at radius 2 is 1.68 bits per heavy atom. The molecule has 2 heteroatoms. The molecule has 0 amide bonds. The van der Waals surface area contributed by atoms with Gasteiger partial charge in [-0.25, -0.2) is 0 Å². The third-order valence-corrected chi connectivity index (χ3v) is 2.90. The van der Waals surface area contributed by atoms with Crippen LogP contribution >= 0.6 is 0 Å². The number of anilines is 1. The minimum Gasteiger partial charge on any atom is -0.399 e. The van der Waals surface area contributed by atoms with Gasteiger partial charge in [0.1, 0.15) is 0 Å². The molecule has 0 saturated heterocycles. The summed E-state index contributed by atoms with van der Waals surface area (Å²) in [6.07, 6.45) is 3.87. The van der Waals surface area contributed by atoms with Gasteiger partial charge < -0.3 is 5.73 Å². The van der Waals surface area contributed by atoms with Crippen LogP contribution in [0.25, 0.3) is 6.08 Å². The normalized spacial score (nSPS) is 10.8. The van der Waals surface area contributed by atoms with Gasteiger partial charge in [-0.15, -0.1) is 0 Å². The molecule has 2 aromatic carbocycles. The molecule has 19 heavy (non-hydrogen) atoms. The van der Waals surface area contributed by atoms with E-state index in [1.807, 2.05) is 61.5 Å². The monoisotopic (exact) mass is 251 g/mol. The average Bonchev–Trinajstić information content (AvgIpc) is 2.41. The smallest absolute Gasteiger partial charge is 0.160 e. The van der Waals surface area contributed by atoms with Gasteiger partial charge in [0, 0.05) is 12.1 Å². The van der Waals surface area contributed by atoms with Crippen molar-refractivity contribution >= 4 is 17.5 Å². The molecule has 0 spiro atoms. The lowest BCUT2D eigenvalue weighted by molar-refractivity contribution is -0.113. The molecular weight excluding hydrogens is 234 g/mol. The zero-order chi connectivity index (χ0) is 13.7. The first-order valence-electron chi connectivity index (χ1n) is 6.25. The van der Waals surface area contributed by atoms with Gasteiger partial charge in [-0.2, -0.15) is 0 Å². The van der Waals surface area contributed by atoms with Crippen molar-refractivity contribution in [2.45, 2.75) is 13.3 Å². The molecule has 0 bridgehead atoms.